The molecule has 0 bridgehead atoms. The Morgan fingerprint density at radius 2 is 2.06 bits per heavy atom. The third kappa shape index (κ3) is 2.60. The molecular weight excluding hydrogens is 214 g/mol. The minimum atomic E-state index is -0.0840. The van der Waals surface area contributed by atoms with Crippen molar-refractivity contribution in [2.75, 3.05) is 0 Å². The number of hydrogen-bond acceptors (Lipinski definition) is 3. The van der Waals surface area contributed by atoms with Crippen molar-refractivity contribution in [1.82, 2.24) is 15.0 Å². The highest BCUT2D eigenvalue weighted by atomic mass is 16.3. The average Bonchev–Trinajstić information content (AvgIpc) is 2.74. The number of aliphatic hydroxyl groups is 1. The summed E-state index contributed by atoms with van der Waals surface area (Å²) in [6.45, 7) is 4.21. The maximum atomic E-state index is 9.24. The number of allylic oxidation sites excluding steroid dienone is 1. The molecule has 1 N–H and O–H groups in total. The largest absolute Gasteiger partial charge is 0.390 e. The summed E-state index contributed by atoms with van der Waals surface area (Å²) in [5.41, 5.74) is 2.75. The molecule has 0 aliphatic rings. The first-order valence-electron chi connectivity index (χ1n) is 5.52. The first-order chi connectivity index (χ1) is 8.35. The Bertz CT molecular complexity index is 491. The summed E-state index contributed by atoms with van der Waals surface area (Å²) in [7, 11) is 0. The highest BCUT2D eigenvalue weighted by Crippen LogP contribution is 2.12. The topological polar surface area (TPSA) is 50.9 Å². The van der Waals surface area contributed by atoms with E-state index in [0.29, 0.717) is 12.2 Å². The van der Waals surface area contributed by atoms with Crippen LogP contribution in [0.15, 0.2) is 43.0 Å². The van der Waals surface area contributed by atoms with E-state index in [4.69, 9.17) is 0 Å². The molecule has 2 rings (SSSR count). The Labute approximate surface area is 100 Å². The van der Waals surface area contributed by atoms with Gasteiger partial charge in [0.25, 0.3) is 0 Å². The molecule has 1 aromatic carbocycles. The van der Waals surface area contributed by atoms with E-state index in [1.54, 1.807) is 10.8 Å². The second kappa shape index (κ2) is 5.41. The number of hydrogen-bond donors (Lipinski definition) is 1. The third-order valence-corrected chi connectivity index (χ3v) is 2.58. The molecule has 17 heavy (non-hydrogen) atoms. The zero-order valence-electron chi connectivity index (χ0n) is 9.58. The zero-order chi connectivity index (χ0) is 12.1. The number of aromatic nitrogens is 3. The molecule has 0 saturated heterocycles. The lowest BCUT2D eigenvalue weighted by Gasteiger charge is -2.05. The van der Waals surface area contributed by atoms with Gasteiger partial charge in [0.15, 0.2) is 0 Å². The molecular formula is C13H15N3O. The van der Waals surface area contributed by atoms with Gasteiger partial charge >= 0.3 is 0 Å². The van der Waals surface area contributed by atoms with Gasteiger partial charge < -0.3 is 5.11 Å². The molecule has 0 fully saturated rings. The quantitative estimate of drug-likeness (QED) is 0.791. The van der Waals surface area contributed by atoms with Crippen LogP contribution in [0.2, 0.25) is 0 Å². The molecule has 0 aliphatic carbocycles. The number of nitrogens with zero attached hydrogens (tertiary/aromatic N) is 3. The van der Waals surface area contributed by atoms with Crippen LogP contribution in [0.4, 0.5) is 0 Å². The predicted octanol–water partition coefficient (Wildman–Crippen LogP) is 1.55. The highest BCUT2D eigenvalue weighted by Gasteiger charge is 2.11. The summed E-state index contributed by atoms with van der Waals surface area (Å²) in [4.78, 5) is 0. The second-order valence-corrected chi connectivity index (χ2v) is 3.77. The van der Waals surface area contributed by atoms with Crippen LogP contribution < -0.4 is 0 Å². The molecule has 0 spiro atoms. The van der Waals surface area contributed by atoms with Crippen molar-refractivity contribution in [2.45, 2.75) is 19.6 Å². The number of benzene rings is 1. The fourth-order valence-corrected chi connectivity index (χ4v) is 1.74. The normalized spacial score (nSPS) is 10.4. The summed E-state index contributed by atoms with van der Waals surface area (Å²) in [5, 5.41) is 17.2. The molecule has 1 aromatic heterocycles. The van der Waals surface area contributed by atoms with Gasteiger partial charge in [-0.15, -0.1) is 11.7 Å². The van der Waals surface area contributed by atoms with Gasteiger partial charge in [0.1, 0.15) is 5.69 Å². The summed E-state index contributed by atoms with van der Waals surface area (Å²) in [6, 6.07) is 10.1. The van der Waals surface area contributed by atoms with Crippen LogP contribution in [0.1, 0.15) is 17.0 Å². The lowest BCUT2D eigenvalue weighted by molar-refractivity contribution is 0.275. The molecule has 0 aliphatic heterocycles. The second-order valence-electron chi connectivity index (χ2n) is 3.77. The standard InChI is InChI=1S/C13H15N3O/c1-2-8-16-13(12(10-17)14-15-16)9-11-6-4-3-5-7-11/h2-7,17H,1,8-10H2. The minimum absolute atomic E-state index is 0.0840. The summed E-state index contributed by atoms with van der Waals surface area (Å²) < 4.78 is 1.77. The van der Waals surface area contributed by atoms with E-state index in [1.165, 1.54) is 5.56 Å². The summed E-state index contributed by atoms with van der Waals surface area (Å²) in [5.74, 6) is 0. The van der Waals surface area contributed by atoms with Crippen LogP contribution in [-0.2, 0) is 19.6 Å². The van der Waals surface area contributed by atoms with Crippen molar-refractivity contribution in [1.29, 1.82) is 0 Å². The summed E-state index contributed by atoms with van der Waals surface area (Å²) in [6.07, 6.45) is 2.49. The van der Waals surface area contributed by atoms with Crippen LogP contribution >= 0.6 is 0 Å². The number of aliphatic hydroxyl groups excluding tert-OH is 1. The van der Waals surface area contributed by atoms with E-state index in [0.717, 1.165) is 12.1 Å². The Balaban J connectivity index is 2.29. The Hall–Kier alpha value is -1.94. The Morgan fingerprint density at radius 3 is 2.71 bits per heavy atom. The minimum Gasteiger partial charge on any atom is -0.390 e. The van der Waals surface area contributed by atoms with Crippen molar-refractivity contribution in [3.63, 3.8) is 0 Å². The van der Waals surface area contributed by atoms with E-state index in [1.807, 2.05) is 30.3 Å². The van der Waals surface area contributed by atoms with E-state index in [9.17, 15) is 5.11 Å². The average molecular weight is 229 g/mol. The van der Waals surface area contributed by atoms with Gasteiger partial charge in [0, 0.05) is 6.42 Å². The van der Waals surface area contributed by atoms with Crippen molar-refractivity contribution in [3.8, 4) is 0 Å². The maximum Gasteiger partial charge on any atom is 0.112 e. The SMILES string of the molecule is C=CCn1nnc(CO)c1Cc1ccccc1. The first kappa shape index (κ1) is 11.5. The molecule has 4 nitrogen and oxygen atoms in total. The first-order valence-corrected chi connectivity index (χ1v) is 5.52. The smallest absolute Gasteiger partial charge is 0.112 e. The van der Waals surface area contributed by atoms with Gasteiger partial charge in [-0.3, -0.25) is 0 Å². The predicted molar refractivity (Wildman–Crippen MR) is 65.4 cm³/mol. The van der Waals surface area contributed by atoms with Crippen molar-refractivity contribution in [2.24, 2.45) is 0 Å². The van der Waals surface area contributed by atoms with E-state index in [-0.39, 0.29) is 6.61 Å². The van der Waals surface area contributed by atoms with Crippen LogP contribution in [-0.4, -0.2) is 20.1 Å². The van der Waals surface area contributed by atoms with Crippen LogP contribution in [0.3, 0.4) is 0 Å². The maximum absolute atomic E-state index is 9.24. The lowest BCUT2D eigenvalue weighted by atomic mass is 10.1. The molecule has 88 valence electrons. The van der Waals surface area contributed by atoms with Crippen molar-refractivity contribution < 1.29 is 5.11 Å². The van der Waals surface area contributed by atoms with Gasteiger partial charge in [-0.05, 0) is 5.56 Å². The van der Waals surface area contributed by atoms with Gasteiger partial charge in [-0.2, -0.15) is 0 Å². The van der Waals surface area contributed by atoms with Gasteiger partial charge in [-0.25, -0.2) is 4.68 Å². The molecule has 0 unspecified atom stereocenters. The fraction of sp³-hybridized carbons (Fsp3) is 0.231. The third-order valence-electron chi connectivity index (χ3n) is 2.58. The molecule has 2 aromatic rings. The summed E-state index contributed by atoms with van der Waals surface area (Å²) >= 11 is 0. The van der Waals surface area contributed by atoms with Crippen molar-refractivity contribution >= 4 is 0 Å². The van der Waals surface area contributed by atoms with E-state index in [2.05, 4.69) is 16.9 Å². The van der Waals surface area contributed by atoms with Gasteiger partial charge in [-0.1, -0.05) is 41.6 Å². The number of rotatable bonds is 5. The Kier molecular flexibility index (Phi) is 3.67. The fourth-order valence-electron chi connectivity index (χ4n) is 1.74. The zero-order valence-corrected chi connectivity index (χ0v) is 9.58. The Morgan fingerprint density at radius 1 is 1.29 bits per heavy atom. The van der Waals surface area contributed by atoms with Crippen molar-refractivity contribution in [3.05, 3.63) is 59.9 Å². The molecule has 0 saturated carbocycles. The molecule has 1 heterocycles. The van der Waals surface area contributed by atoms with Gasteiger partial charge in [0.05, 0.1) is 18.8 Å². The molecule has 0 radical (unpaired) electrons. The molecule has 0 amide bonds. The van der Waals surface area contributed by atoms with E-state index >= 15 is 0 Å². The molecule has 4 heteroatoms. The monoisotopic (exact) mass is 229 g/mol. The van der Waals surface area contributed by atoms with Crippen LogP contribution in [0.25, 0.3) is 0 Å². The van der Waals surface area contributed by atoms with Crippen LogP contribution in [0, 0.1) is 0 Å². The molecule has 0 atom stereocenters. The van der Waals surface area contributed by atoms with Crippen LogP contribution in [0.5, 0.6) is 0 Å². The lowest BCUT2D eigenvalue weighted by Crippen LogP contribution is -2.05. The van der Waals surface area contributed by atoms with Gasteiger partial charge in [0.2, 0.25) is 0 Å². The van der Waals surface area contributed by atoms with E-state index < -0.39 is 0 Å². The highest BCUT2D eigenvalue weighted by molar-refractivity contribution is 5.23.